The molecule has 0 spiro atoms. The van der Waals surface area contributed by atoms with Gasteiger partial charge in [0.2, 0.25) is 5.91 Å². The van der Waals surface area contributed by atoms with Gasteiger partial charge in [0.05, 0.1) is 11.4 Å². The van der Waals surface area contributed by atoms with E-state index >= 15 is 0 Å². The van der Waals surface area contributed by atoms with Crippen LogP contribution in [0.1, 0.15) is 37.9 Å². The number of hydrogen-bond acceptors (Lipinski definition) is 5. The first-order valence-corrected chi connectivity index (χ1v) is 8.10. The summed E-state index contributed by atoms with van der Waals surface area (Å²) in [4.78, 5) is 16.2. The summed E-state index contributed by atoms with van der Waals surface area (Å²) in [7, 11) is 0. The molecule has 6 nitrogen and oxygen atoms in total. The molecule has 122 valence electrons. The summed E-state index contributed by atoms with van der Waals surface area (Å²) in [6.07, 6.45) is 5.74. The van der Waals surface area contributed by atoms with Crippen LogP contribution in [0, 0.1) is 0 Å². The van der Waals surface area contributed by atoms with Crippen LogP contribution in [0.5, 0.6) is 5.75 Å². The Labute approximate surface area is 138 Å². The summed E-state index contributed by atoms with van der Waals surface area (Å²) in [5, 5.41) is 16.5. The lowest BCUT2D eigenvalue weighted by Gasteiger charge is -2.22. The molecule has 1 fully saturated rings. The molecule has 0 saturated heterocycles. The minimum absolute atomic E-state index is 0.0120. The zero-order chi connectivity index (χ0) is 16.2. The van der Waals surface area contributed by atoms with Crippen molar-refractivity contribution in [3.8, 4) is 17.2 Å². The molecule has 1 aromatic heterocycles. The number of carbonyl (C=O) groups excluding carboxylic acids is 1. The molecule has 0 atom stereocenters. The summed E-state index contributed by atoms with van der Waals surface area (Å²) in [6, 6.07) is 4.88. The second-order valence-corrected chi connectivity index (χ2v) is 6.17. The molecule has 1 aliphatic rings. The molecule has 1 saturated carbocycles. The normalized spacial score (nSPS) is 15.5. The molecular formula is C16H18ClN3O3. The van der Waals surface area contributed by atoms with Crippen LogP contribution < -0.4 is 5.32 Å². The third-order valence-electron chi connectivity index (χ3n) is 3.95. The SMILES string of the molecule is O=C(Cc1noc(-c2ccc(O)c(Cl)c2)n1)NC1CCCCC1. The lowest BCUT2D eigenvalue weighted by atomic mass is 9.95. The van der Waals surface area contributed by atoms with Crippen molar-refractivity contribution in [3.63, 3.8) is 0 Å². The molecule has 1 heterocycles. The van der Waals surface area contributed by atoms with E-state index in [0.717, 1.165) is 12.8 Å². The molecule has 7 heteroatoms. The van der Waals surface area contributed by atoms with Crippen LogP contribution in [0.4, 0.5) is 0 Å². The molecule has 23 heavy (non-hydrogen) atoms. The fourth-order valence-electron chi connectivity index (χ4n) is 2.75. The smallest absolute Gasteiger partial charge is 0.257 e. The molecule has 2 N–H and O–H groups in total. The van der Waals surface area contributed by atoms with Gasteiger partial charge in [-0.25, -0.2) is 0 Å². The highest BCUT2D eigenvalue weighted by Crippen LogP contribution is 2.28. The van der Waals surface area contributed by atoms with E-state index in [0.29, 0.717) is 11.4 Å². The number of hydrogen-bond donors (Lipinski definition) is 2. The number of rotatable bonds is 4. The maximum absolute atomic E-state index is 12.0. The largest absolute Gasteiger partial charge is 0.506 e. The molecular weight excluding hydrogens is 318 g/mol. The minimum Gasteiger partial charge on any atom is -0.506 e. The monoisotopic (exact) mass is 335 g/mol. The van der Waals surface area contributed by atoms with Crippen LogP contribution in [-0.2, 0) is 11.2 Å². The molecule has 2 aromatic rings. The van der Waals surface area contributed by atoms with Crippen LogP contribution in [0.3, 0.4) is 0 Å². The fourth-order valence-corrected chi connectivity index (χ4v) is 2.93. The number of carbonyl (C=O) groups is 1. The van der Waals surface area contributed by atoms with Gasteiger partial charge in [-0.2, -0.15) is 4.98 Å². The average molecular weight is 336 g/mol. The van der Waals surface area contributed by atoms with Crippen LogP contribution in [0.15, 0.2) is 22.7 Å². The Morgan fingerprint density at radius 3 is 2.87 bits per heavy atom. The second kappa shape index (κ2) is 7.00. The maximum Gasteiger partial charge on any atom is 0.257 e. The van der Waals surface area contributed by atoms with Crippen molar-refractivity contribution in [2.45, 2.75) is 44.6 Å². The Kier molecular flexibility index (Phi) is 4.81. The first-order valence-electron chi connectivity index (χ1n) is 7.72. The lowest BCUT2D eigenvalue weighted by molar-refractivity contribution is -0.121. The highest BCUT2D eigenvalue weighted by Gasteiger charge is 2.18. The number of phenolic OH excluding ortho intramolecular Hbond substituents is 1. The van der Waals surface area contributed by atoms with Gasteiger partial charge in [-0.3, -0.25) is 4.79 Å². The molecule has 0 unspecified atom stereocenters. The van der Waals surface area contributed by atoms with E-state index in [-0.39, 0.29) is 35.0 Å². The predicted octanol–water partition coefficient (Wildman–Crippen LogP) is 3.09. The number of aromatic hydroxyl groups is 1. The summed E-state index contributed by atoms with van der Waals surface area (Å²) in [5.41, 5.74) is 0.597. The minimum atomic E-state index is -0.0898. The van der Waals surface area contributed by atoms with E-state index in [9.17, 15) is 9.90 Å². The third-order valence-corrected chi connectivity index (χ3v) is 4.25. The third kappa shape index (κ3) is 4.01. The van der Waals surface area contributed by atoms with E-state index in [1.807, 2.05) is 0 Å². The first-order chi connectivity index (χ1) is 11.1. The van der Waals surface area contributed by atoms with Gasteiger partial charge in [-0.1, -0.05) is 36.0 Å². The number of benzene rings is 1. The van der Waals surface area contributed by atoms with Gasteiger partial charge in [0.1, 0.15) is 5.75 Å². The summed E-state index contributed by atoms with van der Waals surface area (Å²) >= 11 is 5.86. The van der Waals surface area contributed by atoms with Gasteiger partial charge < -0.3 is 14.9 Å². The topological polar surface area (TPSA) is 88.2 Å². The van der Waals surface area contributed by atoms with Gasteiger partial charge >= 0.3 is 0 Å². The molecule has 0 radical (unpaired) electrons. The zero-order valence-electron chi connectivity index (χ0n) is 12.6. The van der Waals surface area contributed by atoms with Gasteiger partial charge in [0, 0.05) is 11.6 Å². The number of amides is 1. The first kappa shape index (κ1) is 15.8. The average Bonchev–Trinajstić information content (AvgIpc) is 2.99. The Morgan fingerprint density at radius 1 is 1.35 bits per heavy atom. The number of halogens is 1. The van der Waals surface area contributed by atoms with Crippen molar-refractivity contribution in [1.82, 2.24) is 15.5 Å². The van der Waals surface area contributed by atoms with Crippen molar-refractivity contribution in [3.05, 3.63) is 29.0 Å². The molecule has 0 aliphatic heterocycles. The highest BCUT2D eigenvalue weighted by atomic mass is 35.5. The van der Waals surface area contributed by atoms with E-state index < -0.39 is 0 Å². The zero-order valence-corrected chi connectivity index (χ0v) is 13.3. The Morgan fingerprint density at radius 2 is 2.13 bits per heavy atom. The molecule has 1 aliphatic carbocycles. The summed E-state index contributed by atoms with van der Waals surface area (Å²) < 4.78 is 5.16. The molecule has 0 bridgehead atoms. The summed E-state index contributed by atoms with van der Waals surface area (Å²) in [6.45, 7) is 0. The number of nitrogens with one attached hydrogen (secondary N) is 1. The van der Waals surface area contributed by atoms with Crippen LogP contribution in [-0.4, -0.2) is 27.2 Å². The second-order valence-electron chi connectivity index (χ2n) is 5.76. The highest BCUT2D eigenvalue weighted by molar-refractivity contribution is 6.32. The Hall–Kier alpha value is -2.08. The number of aromatic nitrogens is 2. The molecule has 1 amide bonds. The van der Waals surface area contributed by atoms with E-state index in [1.165, 1.54) is 31.4 Å². The van der Waals surface area contributed by atoms with Gasteiger partial charge in [0.15, 0.2) is 5.82 Å². The summed E-state index contributed by atoms with van der Waals surface area (Å²) in [5.74, 6) is 0.500. The van der Waals surface area contributed by atoms with Crippen molar-refractivity contribution in [1.29, 1.82) is 0 Å². The maximum atomic E-state index is 12.0. The van der Waals surface area contributed by atoms with Crippen molar-refractivity contribution in [2.24, 2.45) is 0 Å². The standard InChI is InChI=1S/C16H18ClN3O3/c17-12-8-10(6-7-13(12)21)16-19-14(20-23-16)9-15(22)18-11-4-2-1-3-5-11/h6-8,11,21H,1-5,9H2,(H,18,22). The fraction of sp³-hybridized carbons (Fsp3) is 0.438. The van der Waals surface area contributed by atoms with Gasteiger partial charge in [-0.15, -0.1) is 0 Å². The quantitative estimate of drug-likeness (QED) is 0.896. The Balaban J connectivity index is 1.62. The van der Waals surface area contributed by atoms with E-state index in [4.69, 9.17) is 16.1 Å². The van der Waals surface area contributed by atoms with E-state index in [1.54, 1.807) is 6.07 Å². The van der Waals surface area contributed by atoms with Crippen LogP contribution >= 0.6 is 11.6 Å². The number of phenols is 1. The van der Waals surface area contributed by atoms with Crippen LogP contribution in [0.25, 0.3) is 11.5 Å². The molecule has 3 rings (SSSR count). The van der Waals surface area contributed by atoms with Gasteiger partial charge in [-0.05, 0) is 31.0 Å². The predicted molar refractivity (Wildman–Crippen MR) is 85.1 cm³/mol. The van der Waals surface area contributed by atoms with Gasteiger partial charge in [0.25, 0.3) is 5.89 Å². The lowest BCUT2D eigenvalue weighted by Crippen LogP contribution is -2.37. The molecule has 1 aromatic carbocycles. The van der Waals surface area contributed by atoms with Crippen LogP contribution in [0.2, 0.25) is 5.02 Å². The van der Waals surface area contributed by atoms with Crippen molar-refractivity contribution in [2.75, 3.05) is 0 Å². The Bertz CT molecular complexity index is 696. The van der Waals surface area contributed by atoms with E-state index in [2.05, 4.69) is 15.5 Å². The van der Waals surface area contributed by atoms with Crippen molar-refractivity contribution >= 4 is 17.5 Å². The number of nitrogens with zero attached hydrogens (tertiary/aromatic N) is 2. The van der Waals surface area contributed by atoms with Crippen molar-refractivity contribution < 1.29 is 14.4 Å².